The van der Waals surface area contributed by atoms with Gasteiger partial charge in [0, 0.05) is 11.4 Å². The molecule has 1 heterocycles. The van der Waals surface area contributed by atoms with Crippen molar-refractivity contribution in [3.05, 3.63) is 17.5 Å². The number of methoxy groups -OCH3 is 1. The molecule has 0 spiro atoms. The van der Waals surface area contributed by atoms with Crippen molar-refractivity contribution < 1.29 is 15.6 Å². The number of halogens is 2. The molecule has 13 heavy (non-hydrogen) atoms. The summed E-state index contributed by atoms with van der Waals surface area (Å²) in [5.74, 6) is 0. The molecule has 0 saturated carbocycles. The molecule has 1 aromatic heterocycles. The Kier molecular flexibility index (Phi) is 7.91. The number of hydrogen-bond acceptors (Lipinski definition) is 3. The Hall–Kier alpha value is 0.334. The van der Waals surface area contributed by atoms with Gasteiger partial charge in [-0.15, -0.1) is 0 Å². The van der Waals surface area contributed by atoms with E-state index in [9.17, 15) is 0 Å². The van der Waals surface area contributed by atoms with E-state index < -0.39 is 0 Å². The Balaban J connectivity index is 0.000000424. The summed E-state index contributed by atoms with van der Waals surface area (Å²) in [4.78, 5) is 8.04. The van der Waals surface area contributed by atoms with E-state index in [1.54, 1.807) is 7.11 Å². The average molecular weight is 357 g/mol. The van der Waals surface area contributed by atoms with Crippen molar-refractivity contribution in [3.63, 3.8) is 0 Å². The molecule has 0 N–H and O–H groups in total. The normalized spacial score (nSPS) is 9.00. The molecule has 0 atom stereocenters. The van der Waals surface area contributed by atoms with Gasteiger partial charge in [0.1, 0.15) is 0 Å². The summed E-state index contributed by atoms with van der Waals surface area (Å²) in [5, 5.41) is 0. The average Bonchev–Trinajstić information content (AvgIpc) is 2.04. The van der Waals surface area contributed by atoms with Crippen LogP contribution in [0.15, 0.2) is 6.07 Å². The van der Waals surface area contributed by atoms with Crippen LogP contribution >= 0.6 is 28.5 Å². The van der Waals surface area contributed by atoms with E-state index in [0.29, 0.717) is 6.01 Å². The number of aryl methyl sites for hydroxylation is 2. The van der Waals surface area contributed by atoms with Gasteiger partial charge in [-0.3, -0.25) is 0 Å². The van der Waals surface area contributed by atoms with Crippen LogP contribution in [-0.2, 0) is 10.9 Å². The van der Waals surface area contributed by atoms with Crippen molar-refractivity contribution in [1.29, 1.82) is 0 Å². The second-order valence-electron chi connectivity index (χ2n) is 2.18. The van der Waals surface area contributed by atoms with Crippen molar-refractivity contribution >= 4 is 28.5 Å². The molecule has 0 aliphatic rings. The summed E-state index contributed by atoms with van der Waals surface area (Å²) in [6, 6.07) is 2.35. The molecule has 0 radical (unpaired) electrons. The first-order valence-corrected chi connectivity index (χ1v) is 8.21. The van der Waals surface area contributed by atoms with E-state index >= 15 is 0 Å². The summed E-state index contributed by atoms with van der Waals surface area (Å²) in [6.45, 7) is 3.83. The van der Waals surface area contributed by atoms with Crippen LogP contribution in [0.25, 0.3) is 0 Å². The van der Waals surface area contributed by atoms with Gasteiger partial charge in [0.25, 0.3) is 0 Å². The summed E-state index contributed by atoms with van der Waals surface area (Å²) >= 11 is 6.00. The molecule has 78 valence electrons. The van der Waals surface area contributed by atoms with E-state index in [2.05, 4.69) is 38.4 Å². The number of rotatable bonds is 1. The fourth-order valence-electron chi connectivity index (χ4n) is 0.785. The third-order valence-electron chi connectivity index (χ3n) is 1.14. The van der Waals surface area contributed by atoms with E-state index in [1.807, 2.05) is 19.9 Å². The Morgan fingerprint density at radius 3 is 1.92 bits per heavy atom. The van der Waals surface area contributed by atoms with Gasteiger partial charge in [-0.2, -0.15) is 0 Å². The van der Waals surface area contributed by atoms with Crippen LogP contribution in [0.5, 0.6) is 6.01 Å². The Bertz CT molecular complexity index is 240. The summed E-state index contributed by atoms with van der Waals surface area (Å²) in [6.07, 6.45) is 0. The molecule has 0 aliphatic heterocycles. The molecule has 1 rings (SSSR count). The topological polar surface area (TPSA) is 35.0 Å². The second kappa shape index (κ2) is 7.71. The third-order valence-corrected chi connectivity index (χ3v) is 1.14. The Morgan fingerprint density at radius 2 is 1.62 bits per heavy atom. The number of aromatic nitrogens is 2. The van der Waals surface area contributed by atoms with Gasteiger partial charge in [0.2, 0.25) is 0 Å². The predicted octanol–water partition coefficient (Wildman–Crippen LogP) is 2.79. The van der Waals surface area contributed by atoms with Gasteiger partial charge in [0.15, 0.2) is 0 Å². The van der Waals surface area contributed by atoms with E-state index in [4.69, 9.17) is 4.74 Å². The molecule has 6 heteroatoms. The van der Waals surface area contributed by atoms with Crippen LogP contribution in [0.4, 0.5) is 0 Å². The predicted molar refractivity (Wildman–Crippen MR) is 55.9 cm³/mol. The van der Waals surface area contributed by atoms with Gasteiger partial charge < -0.3 is 4.74 Å². The molecule has 0 unspecified atom stereocenters. The zero-order valence-electron chi connectivity index (χ0n) is 7.45. The molecule has 1 aromatic rings. The first-order valence-electron chi connectivity index (χ1n) is 3.32. The molecule has 0 aliphatic carbocycles. The maximum absolute atomic E-state index is 4.85. The van der Waals surface area contributed by atoms with Crippen molar-refractivity contribution in [2.24, 2.45) is 0 Å². The monoisotopic (exact) mass is 354 g/mol. The standard InChI is InChI=1S/C7H10N2O.2BrH.Ni/c1-5-4-6(2)9-7(8-5)10-3;;;/h4H,1-3H3;2*1H;/q;;;+2/p-2. The van der Waals surface area contributed by atoms with Crippen molar-refractivity contribution in [3.8, 4) is 6.01 Å². The molecule has 3 nitrogen and oxygen atoms in total. The second-order valence-corrected chi connectivity index (χ2v) is 7.17. The minimum absolute atomic E-state index is 0.442. The van der Waals surface area contributed by atoms with E-state index in [1.165, 1.54) is 10.9 Å². The SMILES string of the molecule is COc1nc(C)cc(C)n1.[Br][Ni][Br]. The molecule has 0 bridgehead atoms. The minimum atomic E-state index is 0.442. The molecule has 0 fully saturated rings. The van der Waals surface area contributed by atoms with Crippen LogP contribution in [0.3, 0.4) is 0 Å². The van der Waals surface area contributed by atoms with Crippen LogP contribution < -0.4 is 4.74 Å². The van der Waals surface area contributed by atoms with Gasteiger partial charge in [-0.25, -0.2) is 9.97 Å². The van der Waals surface area contributed by atoms with Gasteiger partial charge >= 0.3 is 45.4 Å². The van der Waals surface area contributed by atoms with Gasteiger partial charge in [-0.1, -0.05) is 0 Å². The van der Waals surface area contributed by atoms with Gasteiger partial charge in [-0.05, 0) is 19.9 Å². The quantitative estimate of drug-likeness (QED) is 0.726. The van der Waals surface area contributed by atoms with Crippen LogP contribution in [-0.4, -0.2) is 17.1 Å². The number of nitrogens with zero attached hydrogens (tertiary/aromatic N) is 2. The van der Waals surface area contributed by atoms with Crippen LogP contribution in [0.1, 0.15) is 11.4 Å². The summed E-state index contributed by atoms with van der Waals surface area (Å²) in [7, 11) is 2.81. The number of ether oxygens (including phenoxy) is 1. The first kappa shape index (κ1) is 13.3. The molecular formula is C7H10Br2N2NiO. The number of hydrogen-bond donors (Lipinski definition) is 0. The van der Waals surface area contributed by atoms with Crippen LogP contribution in [0.2, 0.25) is 0 Å². The first-order chi connectivity index (χ1) is 6.13. The van der Waals surface area contributed by atoms with Crippen molar-refractivity contribution in [1.82, 2.24) is 9.97 Å². The fraction of sp³-hybridized carbons (Fsp3) is 0.429. The van der Waals surface area contributed by atoms with E-state index in [0.717, 1.165) is 11.4 Å². The zero-order valence-corrected chi connectivity index (χ0v) is 11.6. The fourth-order valence-corrected chi connectivity index (χ4v) is 0.785. The third kappa shape index (κ3) is 6.41. The van der Waals surface area contributed by atoms with Gasteiger partial charge in [0.05, 0.1) is 7.11 Å². The summed E-state index contributed by atoms with van der Waals surface area (Å²) < 4.78 is 4.85. The molecule has 0 aromatic carbocycles. The van der Waals surface area contributed by atoms with Crippen molar-refractivity contribution in [2.75, 3.05) is 7.11 Å². The maximum atomic E-state index is 4.85. The molecule has 0 amide bonds. The van der Waals surface area contributed by atoms with E-state index in [-0.39, 0.29) is 0 Å². The summed E-state index contributed by atoms with van der Waals surface area (Å²) in [5.41, 5.74) is 1.87. The zero-order chi connectivity index (χ0) is 10.3. The Labute approximate surface area is 98.0 Å². The molecular weight excluding hydrogens is 347 g/mol. The molecule has 0 saturated heterocycles. The van der Waals surface area contributed by atoms with Crippen LogP contribution in [0, 0.1) is 13.8 Å². The van der Waals surface area contributed by atoms with Crippen molar-refractivity contribution in [2.45, 2.75) is 13.8 Å². The Morgan fingerprint density at radius 1 is 1.23 bits per heavy atom.